The van der Waals surface area contributed by atoms with E-state index in [0.717, 1.165) is 5.56 Å². The van der Waals surface area contributed by atoms with Crippen LogP contribution in [0.4, 0.5) is 0 Å². The summed E-state index contributed by atoms with van der Waals surface area (Å²) in [6.07, 6.45) is 0. The predicted octanol–water partition coefficient (Wildman–Crippen LogP) is 1.51. The van der Waals surface area contributed by atoms with Crippen molar-refractivity contribution in [2.75, 3.05) is 0 Å². The molecule has 0 amide bonds. The molecular weight excluding hydrogens is 126 g/mol. The van der Waals surface area contributed by atoms with Gasteiger partial charge in [-0.3, -0.25) is 4.84 Å². The second-order valence-corrected chi connectivity index (χ2v) is 1.79. The van der Waals surface area contributed by atoms with Crippen LogP contribution in [-0.4, -0.2) is 0 Å². The van der Waals surface area contributed by atoms with Gasteiger partial charge in [0, 0.05) is 7.05 Å². The van der Waals surface area contributed by atoms with Crippen LogP contribution in [0.25, 0.3) is 0 Å². The summed E-state index contributed by atoms with van der Waals surface area (Å²) in [5.74, 6) is 0. The van der Waals surface area contributed by atoms with Crippen LogP contribution in [0.2, 0.25) is 0 Å². The van der Waals surface area contributed by atoms with Gasteiger partial charge in [-0.2, -0.15) is 0 Å². The molecule has 52 valence electrons. The van der Waals surface area contributed by atoms with Crippen molar-refractivity contribution < 1.29 is 4.84 Å². The van der Waals surface area contributed by atoms with E-state index in [0.29, 0.717) is 0 Å². The maximum absolute atomic E-state index is 4.73. The van der Waals surface area contributed by atoms with E-state index in [1.54, 1.807) is 6.61 Å². The van der Waals surface area contributed by atoms with E-state index < -0.39 is 0 Å². The normalized spacial score (nSPS) is 9.70. The number of nitrogens with one attached hydrogen (secondary N) is 1. The third-order valence-corrected chi connectivity index (χ3v) is 1.08. The highest BCUT2D eigenvalue weighted by Crippen LogP contribution is 2.00. The number of hydrogen-bond donors (Lipinski definition) is 1. The summed E-state index contributed by atoms with van der Waals surface area (Å²) in [4.78, 5) is 4.73. The highest BCUT2D eigenvalue weighted by molar-refractivity contribution is 5.19. The Balaban J connectivity index is 2.43. The molecule has 1 rings (SSSR count). The van der Waals surface area contributed by atoms with E-state index in [-0.39, 0.29) is 0 Å². The average molecular weight is 135 g/mol. The van der Waals surface area contributed by atoms with E-state index >= 15 is 0 Å². The zero-order chi connectivity index (χ0) is 7.23. The SMILES string of the molecule is [CH2]NO[CH]c1ccccc1. The Morgan fingerprint density at radius 2 is 2.00 bits per heavy atom. The first-order chi connectivity index (χ1) is 4.93. The number of benzene rings is 1. The molecule has 1 N–H and O–H groups in total. The van der Waals surface area contributed by atoms with Crippen molar-refractivity contribution in [1.82, 2.24) is 5.48 Å². The lowest BCUT2D eigenvalue weighted by Gasteiger charge is -1.98. The van der Waals surface area contributed by atoms with Crippen molar-refractivity contribution >= 4 is 0 Å². The summed E-state index contributed by atoms with van der Waals surface area (Å²) in [5, 5.41) is 0. The standard InChI is InChI=1S/C8H9NO/c1-9-10-7-8-5-3-2-4-6-8/h2-7,9H,1H2. The first kappa shape index (κ1) is 7.25. The molecule has 0 atom stereocenters. The largest absolute Gasteiger partial charge is 0.290 e. The number of rotatable bonds is 3. The van der Waals surface area contributed by atoms with Crippen LogP contribution in [-0.2, 0) is 4.84 Å². The van der Waals surface area contributed by atoms with Gasteiger partial charge in [0.1, 0.15) is 6.61 Å². The topological polar surface area (TPSA) is 21.3 Å². The average Bonchev–Trinajstić information content (AvgIpc) is 2.03. The molecule has 10 heavy (non-hydrogen) atoms. The van der Waals surface area contributed by atoms with Crippen LogP contribution in [0.15, 0.2) is 30.3 Å². The summed E-state index contributed by atoms with van der Waals surface area (Å²) in [5.41, 5.74) is 3.32. The third-order valence-electron chi connectivity index (χ3n) is 1.08. The molecule has 0 saturated heterocycles. The van der Waals surface area contributed by atoms with Crippen molar-refractivity contribution in [1.29, 1.82) is 0 Å². The molecule has 0 heterocycles. The molecule has 0 aliphatic rings. The molecule has 0 saturated carbocycles. The molecule has 0 aliphatic carbocycles. The molecule has 2 nitrogen and oxygen atoms in total. The van der Waals surface area contributed by atoms with Gasteiger partial charge in [0.2, 0.25) is 0 Å². The third kappa shape index (κ3) is 2.17. The van der Waals surface area contributed by atoms with Crippen molar-refractivity contribution in [3.63, 3.8) is 0 Å². The van der Waals surface area contributed by atoms with Crippen molar-refractivity contribution in [2.24, 2.45) is 0 Å². The Morgan fingerprint density at radius 3 is 2.60 bits per heavy atom. The van der Waals surface area contributed by atoms with Gasteiger partial charge < -0.3 is 0 Å². The van der Waals surface area contributed by atoms with Crippen molar-refractivity contribution in [3.05, 3.63) is 49.5 Å². The molecule has 1 aromatic carbocycles. The second kappa shape index (κ2) is 4.04. The summed E-state index contributed by atoms with van der Waals surface area (Å²) in [7, 11) is 3.30. The van der Waals surface area contributed by atoms with Gasteiger partial charge in [-0.05, 0) is 5.56 Å². The Morgan fingerprint density at radius 1 is 1.30 bits per heavy atom. The van der Waals surface area contributed by atoms with Gasteiger partial charge >= 0.3 is 0 Å². The van der Waals surface area contributed by atoms with Crippen LogP contribution in [0.1, 0.15) is 5.56 Å². The maximum Gasteiger partial charge on any atom is 0.136 e. The molecule has 0 aromatic heterocycles. The Kier molecular flexibility index (Phi) is 2.93. The van der Waals surface area contributed by atoms with Crippen molar-refractivity contribution in [3.8, 4) is 0 Å². The van der Waals surface area contributed by atoms with E-state index in [4.69, 9.17) is 4.84 Å². The quantitative estimate of drug-likeness (QED) is 0.634. The van der Waals surface area contributed by atoms with Crippen LogP contribution in [0, 0.1) is 13.7 Å². The maximum atomic E-state index is 4.73. The molecule has 2 heteroatoms. The molecular formula is C8H9NO. The lowest BCUT2D eigenvalue weighted by Crippen LogP contribution is -2.01. The minimum Gasteiger partial charge on any atom is -0.290 e. The number of hydroxylamine groups is 1. The fourth-order valence-electron chi connectivity index (χ4n) is 0.641. The summed E-state index contributed by atoms with van der Waals surface area (Å²) >= 11 is 0. The molecule has 1 aromatic rings. The number of hydrogen-bond acceptors (Lipinski definition) is 2. The van der Waals surface area contributed by atoms with Crippen LogP contribution < -0.4 is 5.48 Å². The van der Waals surface area contributed by atoms with Gasteiger partial charge in [-0.1, -0.05) is 30.3 Å². The molecule has 0 spiro atoms. The minimum absolute atomic E-state index is 1.01. The van der Waals surface area contributed by atoms with Gasteiger partial charge in [-0.15, -0.1) is 0 Å². The highest BCUT2D eigenvalue weighted by atomic mass is 16.6. The molecule has 0 fully saturated rings. The molecule has 0 bridgehead atoms. The van der Waals surface area contributed by atoms with Crippen LogP contribution in [0.5, 0.6) is 0 Å². The summed E-state index contributed by atoms with van der Waals surface area (Å²) < 4.78 is 0. The van der Waals surface area contributed by atoms with Crippen LogP contribution >= 0.6 is 0 Å². The first-order valence-corrected chi connectivity index (χ1v) is 2.99. The van der Waals surface area contributed by atoms with E-state index in [2.05, 4.69) is 12.5 Å². The fourth-order valence-corrected chi connectivity index (χ4v) is 0.641. The molecule has 0 unspecified atom stereocenters. The second-order valence-electron chi connectivity index (χ2n) is 1.79. The Labute approximate surface area is 60.8 Å². The lowest BCUT2D eigenvalue weighted by molar-refractivity contribution is 0.139. The smallest absolute Gasteiger partial charge is 0.136 e. The van der Waals surface area contributed by atoms with Gasteiger partial charge in [0.25, 0.3) is 0 Å². The minimum atomic E-state index is 1.01. The molecule has 2 radical (unpaired) electrons. The Hall–Kier alpha value is -0.860. The van der Waals surface area contributed by atoms with Crippen LogP contribution in [0.3, 0.4) is 0 Å². The predicted molar refractivity (Wildman–Crippen MR) is 39.4 cm³/mol. The first-order valence-electron chi connectivity index (χ1n) is 2.99. The zero-order valence-corrected chi connectivity index (χ0v) is 5.58. The summed E-state index contributed by atoms with van der Waals surface area (Å²) in [6.45, 7) is 1.59. The van der Waals surface area contributed by atoms with Crippen molar-refractivity contribution in [2.45, 2.75) is 0 Å². The van der Waals surface area contributed by atoms with E-state index in [1.165, 1.54) is 0 Å². The van der Waals surface area contributed by atoms with Gasteiger partial charge in [-0.25, -0.2) is 5.48 Å². The van der Waals surface area contributed by atoms with E-state index in [1.807, 2.05) is 30.3 Å². The fraction of sp³-hybridized carbons (Fsp3) is 0. The molecule has 0 aliphatic heterocycles. The van der Waals surface area contributed by atoms with E-state index in [9.17, 15) is 0 Å². The monoisotopic (exact) mass is 135 g/mol. The van der Waals surface area contributed by atoms with Gasteiger partial charge in [0.15, 0.2) is 0 Å². The zero-order valence-electron chi connectivity index (χ0n) is 5.58. The highest BCUT2D eigenvalue weighted by Gasteiger charge is 1.88. The summed E-state index contributed by atoms with van der Waals surface area (Å²) in [6, 6.07) is 9.72. The Bertz CT molecular complexity index is 174. The van der Waals surface area contributed by atoms with Gasteiger partial charge in [0.05, 0.1) is 0 Å². The lowest BCUT2D eigenvalue weighted by atomic mass is 10.2.